The highest BCUT2D eigenvalue weighted by Gasteiger charge is 2.47. The van der Waals surface area contributed by atoms with E-state index in [1.165, 1.54) is 25.9 Å². The molecule has 0 aromatic carbocycles. The van der Waals surface area contributed by atoms with Gasteiger partial charge in [0.1, 0.15) is 0 Å². The van der Waals surface area contributed by atoms with E-state index in [1.807, 2.05) is 0 Å². The molecule has 3 unspecified atom stereocenters. The van der Waals surface area contributed by atoms with Crippen molar-refractivity contribution in [2.75, 3.05) is 19.6 Å². The van der Waals surface area contributed by atoms with Gasteiger partial charge < -0.3 is 9.80 Å². The van der Waals surface area contributed by atoms with E-state index in [4.69, 9.17) is 0 Å². The Morgan fingerprint density at radius 2 is 2.00 bits per heavy atom. The highest BCUT2D eigenvalue weighted by atomic mass is 16.2. The van der Waals surface area contributed by atoms with Gasteiger partial charge in [0.15, 0.2) is 0 Å². The van der Waals surface area contributed by atoms with Crippen molar-refractivity contribution in [2.24, 2.45) is 11.8 Å². The van der Waals surface area contributed by atoms with E-state index < -0.39 is 0 Å². The monoisotopic (exact) mass is 293 g/mol. The first-order valence-electron chi connectivity index (χ1n) is 8.90. The van der Waals surface area contributed by atoms with Gasteiger partial charge in [0.2, 0.25) is 5.91 Å². The Morgan fingerprint density at radius 3 is 2.52 bits per heavy atom. The Morgan fingerprint density at radius 1 is 1.29 bits per heavy atom. The molecule has 0 aliphatic carbocycles. The summed E-state index contributed by atoms with van der Waals surface area (Å²) < 4.78 is 0. The number of hydrogen-bond acceptors (Lipinski definition) is 3. The van der Waals surface area contributed by atoms with E-state index >= 15 is 0 Å². The first-order chi connectivity index (χ1) is 10.1. The minimum Gasteiger partial charge on any atom is -0.321 e. The van der Waals surface area contributed by atoms with E-state index in [1.54, 1.807) is 0 Å². The predicted octanol–water partition coefficient (Wildman–Crippen LogP) is 2.05. The Kier molecular flexibility index (Phi) is 4.55. The summed E-state index contributed by atoms with van der Waals surface area (Å²) in [6, 6.07) is 0.521. The van der Waals surface area contributed by atoms with Crippen molar-refractivity contribution >= 4 is 5.91 Å². The Balaban J connectivity index is 1.77. The molecule has 4 rings (SSSR count). The van der Waals surface area contributed by atoms with Gasteiger partial charge in [0.25, 0.3) is 0 Å². The lowest BCUT2D eigenvalue weighted by molar-refractivity contribution is -0.137. The zero-order chi connectivity index (χ0) is 15.0. The molecule has 0 spiro atoms. The Hall–Kier alpha value is -0.610. The van der Waals surface area contributed by atoms with Gasteiger partial charge in [-0.3, -0.25) is 10.1 Å². The largest absolute Gasteiger partial charge is 0.321 e. The second kappa shape index (κ2) is 6.25. The summed E-state index contributed by atoms with van der Waals surface area (Å²) >= 11 is 0. The SMILES string of the molecule is CCCC1NC(CC(C)C)N(C2CN3CCC2CC3)C1=O. The van der Waals surface area contributed by atoms with Gasteiger partial charge in [0.05, 0.1) is 12.2 Å². The summed E-state index contributed by atoms with van der Waals surface area (Å²) in [5.74, 6) is 1.73. The maximum Gasteiger partial charge on any atom is 0.241 e. The molecular formula is C17H31N3O. The first-order valence-corrected chi connectivity index (χ1v) is 8.90. The highest BCUT2D eigenvalue weighted by Crippen LogP contribution is 2.34. The Labute approximate surface area is 129 Å². The number of fused-ring (bicyclic) bond motifs is 3. The van der Waals surface area contributed by atoms with Crippen LogP contribution in [0.25, 0.3) is 0 Å². The molecule has 4 fully saturated rings. The summed E-state index contributed by atoms with van der Waals surface area (Å²) in [7, 11) is 0. The van der Waals surface area contributed by atoms with Crippen LogP contribution in [0.4, 0.5) is 0 Å². The average molecular weight is 293 g/mol. The van der Waals surface area contributed by atoms with Crippen molar-refractivity contribution in [1.82, 2.24) is 15.1 Å². The third kappa shape index (κ3) is 2.98. The van der Waals surface area contributed by atoms with Gasteiger partial charge in [0, 0.05) is 12.6 Å². The molecule has 4 heteroatoms. The van der Waals surface area contributed by atoms with E-state index in [-0.39, 0.29) is 12.2 Å². The number of carbonyl (C=O) groups excluding carboxylic acids is 1. The number of carbonyl (C=O) groups is 1. The minimum atomic E-state index is 0.0641. The van der Waals surface area contributed by atoms with Gasteiger partial charge in [-0.15, -0.1) is 0 Å². The fourth-order valence-corrected chi connectivity index (χ4v) is 4.48. The summed E-state index contributed by atoms with van der Waals surface area (Å²) in [4.78, 5) is 17.7. The normalized spacial score (nSPS) is 39.5. The van der Waals surface area contributed by atoms with Gasteiger partial charge >= 0.3 is 0 Å². The molecule has 4 saturated heterocycles. The number of nitrogens with one attached hydrogen (secondary N) is 1. The maximum absolute atomic E-state index is 12.9. The molecule has 3 atom stereocenters. The van der Waals surface area contributed by atoms with Crippen LogP contribution >= 0.6 is 0 Å². The maximum atomic E-state index is 12.9. The molecule has 120 valence electrons. The molecule has 4 aliphatic rings. The molecular weight excluding hydrogens is 262 g/mol. The third-order valence-corrected chi connectivity index (χ3v) is 5.53. The van der Waals surface area contributed by atoms with Crippen LogP contribution < -0.4 is 5.32 Å². The number of piperidine rings is 3. The Bertz CT molecular complexity index is 376. The summed E-state index contributed by atoms with van der Waals surface area (Å²) in [6.07, 6.45) is 5.95. The quantitative estimate of drug-likeness (QED) is 0.843. The van der Waals surface area contributed by atoms with Crippen LogP contribution in [-0.4, -0.2) is 53.6 Å². The van der Waals surface area contributed by atoms with Crippen molar-refractivity contribution in [3.05, 3.63) is 0 Å². The van der Waals surface area contributed by atoms with Crippen LogP contribution in [0.1, 0.15) is 52.9 Å². The lowest BCUT2D eigenvalue weighted by atomic mass is 9.82. The van der Waals surface area contributed by atoms with Crippen LogP contribution in [0, 0.1) is 11.8 Å². The van der Waals surface area contributed by atoms with Crippen molar-refractivity contribution in [2.45, 2.75) is 71.1 Å². The van der Waals surface area contributed by atoms with Crippen LogP contribution in [0.2, 0.25) is 0 Å². The van der Waals surface area contributed by atoms with E-state index in [0.717, 1.165) is 31.7 Å². The fraction of sp³-hybridized carbons (Fsp3) is 0.941. The molecule has 2 bridgehead atoms. The molecule has 1 N–H and O–H groups in total. The van der Waals surface area contributed by atoms with Crippen molar-refractivity contribution in [3.63, 3.8) is 0 Å². The molecule has 21 heavy (non-hydrogen) atoms. The van der Waals surface area contributed by atoms with Crippen molar-refractivity contribution in [3.8, 4) is 0 Å². The van der Waals surface area contributed by atoms with E-state index in [0.29, 0.717) is 17.9 Å². The molecule has 0 aromatic rings. The topological polar surface area (TPSA) is 35.6 Å². The van der Waals surface area contributed by atoms with Gasteiger partial charge in [-0.05, 0) is 50.6 Å². The molecule has 0 saturated carbocycles. The second-order valence-corrected chi connectivity index (χ2v) is 7.60. The molecule has 4 heterocycles. The lowest BCUT2D eigenvalue weighted by Crippen LogP contribution is -2.60. The first kappa shape index (κ1) is 15.3. The smallest absolute Gasteiger partial charge is 0.241 e. The summed E-state index contributed by atoms with van der Waals surface area (Å²) in [5.41, 5.74) is 0. The zero-order valence-electron chi connectivity index (χ0n) is 13.8. The number of hydrogen-bond donors (Lipinski definition) is 1. The van der Waals surface area contributed by atoms with Crippen LogP contribution in [0.3, 0.4) is 0 Å². The van der Waals surface area contributed by atoms with Gasteiger partial charge in [-0.2, -0.15) is 0 Å². The van der Waals surface area contributed by atoms with E-state index in [9.17, 15) is 4.79 Å². The standard InChI is InChI=1S/C17H31N3O/c1-4-5-14-17(21)20(16(18-14)10-12(2)3)15-11-19-8-6-13(15)7-9-19/h12-16,18H,4-11H2,1-3H3. The number of amides is 1. The van der Waals surface area contributed by atoms with Crippen molar-refractivity contribution < 1.29 is 4.79 Å². The van der Waals surface area contributed by atoms with Crippen LogP contribution in [0.5, 0.6) is 0 Å². The molecule has 4 aliphatic heterocycles. The second-order valence-electron chi connectivity index (χ2n) is 7.60. The molecule has 0 radical (unpaired) electrons. The predicted molar refractivity (Wildman–Crippen MR) is 84.9 cm³/mol. The molecule has 1 amide bonds. The van der Waals surface area contributed by atoms with Gasteiger partial charge in [-0.25, -0.2) is 0 Å². The minimum absolute atomic E-state index is 0.0641. The lowest BCUT2D eigenvalue weighted by Gasteiger charge is -2.49. The summed E-state index contributed by atoms with van der Waals surface area (Å²) in [6.45, 7) is 10.3. The zero-order valence-corrected chi connectivity index (χ0v) is 13.8. The average Bonchev–Trinajstić information content (AvgIpc) is 2.76. The van der Waals surface area contributed by atoms with Gasteiger partial charge in [-0.1, -0.05) is 27.2 Å². The summed E-state index contributed by atoms with van der Waals surface area (Å²) in [5, 5.41) is 3.64. The highest BCUT2D eigenvalue weighted by molar-refractivity contribution is 5.84. The van der Waals surface area contributed by atoms with Crippen molar-refractivity contribution in [1.29, 1.82) is 0 Å². The number of nitrogens with zero attached hydrogens (tertiary/aromatic N) is 2. The fourth-order valence-electron chi connectivity index (χ4n) is 4.48. The van der Waals surface area contributed by atoms with Crippen LogP contribution in [-0.2, 0) is 4.79 Å². The molecule has 4 nitrogen and oxygen atoms in total. The third-order valence-electron chi connectivity index (χ3n) is 5.53. The number of rotatable bonds is 5. The van der Waals surface area contributed by atoms with E-state index in [2.05, 4.69) is 35.9 Å². The molecule has 0 aromatic heterocycles. The van der Waals surface area contributed by atoms with Crippen LogP contribution in [0.15, 0.2) is 0 Å².